The molecule has 1 aromatic heterocycles. The molecule has 96 valence electrons. The first-order valence-electron chi connectivity index (χ1n) is 6.07. The number of rotatable bonds is 3. The van der Waals surface area contributed by atoms with Gasteiger partial charge in [0.1, 0.15) is 0 Å². The second-order valence-corrected chi connectivity index (χ2v) is 7.40. The predicted molar refractivity (Wildman–Crippen MR) is 89.7 cm³/mol. The summed E-state index contributed by atoms with van der Waals surface area (Å²) in [5.41, 5.74) is 3.94. The largest absolute Gasteiger partial charge is 0.378 e. The van der Waals surface area contributed by atoms with Crippen molar-refractivity contribution in [2.24, 2.45) is 0 Å². The highest BCUT2D eigenvalue weighted by Gasteiger charge is 2.12. The summed E-state index contributed by atoms with van der Waals surface area (Å²) in [5, 5.41) is 3.62. The summed E-state index contributed by atoms with van der Waals surface area (Å²) in [5.74, 6) is 0. The van der Waals surface area contributed by atoms with Crippen molar-refractivity contribution in [3.8, 4) is 0 Å². The van der Waals surface area contributed by atoms with Crippen molar-refractivity contribution >= 4 is 39.6 Å². The molecule has 0 saturated carbocycles. The van der Waals surface area contributed by atoms with Gasteiger partial charge >= 0.3 is 0 Å². The van der Waals surface area contributed by atoms with E-state index in [4.69, 9.17) is 0 Å². The van der Waals surface area contributed by atoms with Gasteiger partial charge in [0, 0.05) is 25.1 Å². The first-order valence-corrected chi connectivity index (χ1v) is 7.96. The number of benzene rings is 1. The van der Waals surface area contributed by atoms with Crippen LogP contribution in [0.1, 0.15) is 33.8 Å². The number of thiophene rings is 1. The first kappa shape index (κ1) is 13.9. The van der Waals surface area contributed by atoms with Crippen LogP contribution in [0.2, 0.25) is 0 Å². The molecule has 0 fully saturated rings. The first-order chi connectivity index (χ1) is 8.47. The van der Waals surface area contributed by atoms with Gasteiger partial charge in [0.15, 0.2) is 0 Å². The highest BCUT2D eigenvalue weighted by Crippen LogP contribution is 2.29. The Morgan fingerprint density at radius 1 is 1.17 bits per heavy atom. The monoisotopic (exact) mass is 371 g/mol. The zero-order valence-corrected chi connectivity index (χ0v) is 14.1. The molecule has 0 aliphatic rings. The summed E-state index contributed by atoms with van der Waals surface area (Å²) in [4.78, 5) is 2.80. The third kappa shape index (κ3) is 3.06. The van der Waals surface area contributed by atoms with E-state index in [1.165, 1.54) is 30.1 Å². The maximum absolute atomic E-state index is 3.62. The van der Waals surface area contributed by atoms with E-state index in [0.717, 1.165) is 0 Å². The van der Waals surface area contributed by atoms with Crippen LogP contribution in [0.4, 0.5) is 5.69 Å². The smallest absolute Gasteiger partial charge is 0.0496 e. The quantitative estimate of drug-likeness (QED) is 0.708. The van der Waals surface area contributed by atoms with Gasteiger partial charge in [0.2, 0.25) is 0 Å². The summed E-state index contributed by atoms with van der Waals surface area (Å²) < 4.78 is 1.27. The molecule has 1 nitrogen and oxygen atoms in total. The van der Waals surface area contributed by atoms with Gasteiger partial charge in [0.05, 0.1) is 0 Å². The van der Waals surface area contributed by atoms with E-state index in [1.807, 2.05) is 11.3 Å². The van der Waals surface area contributed by atoms with Gasteiger partial charge in [-0.05, 0) is 79.6 Å². The van der Waals surface area contributed by atoms with Gasteiger partial charge in [-0.2, -0.15) is 0 Å². The van der Waals surface area contributed by atoms with E-state index in [0.29, 0.717) is 6.04 Å². The molecular weight excluding hydrogens is 353 g/mol. The van der Waals surface area contributed by atoms with Crippen LogP contribution in [0, 0.1) is 24.3 Å². The Hall–Kier alpha value is -0.550. The molecule has 0 amide bonds. The minimum Gasteiger partial charge on any atom is -0.378 e. The molecule has 0 spiro atoms. The second kappa shape index (κ2) is 5.61. The average molecular weight is 371 g/mol. The van der Waals surface area contributed by atoms with Crippen molar-refractivity contribution < 1.29 is 0 Å². The Bertz CT molecular complexity index is 560. The Kier molecular flexibility index (Phi) is 4.33. The fraction of sp³-hybridized carbons (Fsp3) is 0.333. The highest BCUT2D eigenvalue weighted by molar-refractivity contribution is 14.1. The topological polar surface area (TPSA) is 12.0 Å². The zero-order valence-electron chi connectivity index (χ0n) is 11.2. The van der Waals surface area contributed by atoms with Crippen LogP contribution in [0.5, 0.6) is 0 Å². The normalized spacial score (nSPS) is 12.5. The second-order valence-electron chi connectivity index (χ2n) is 4.69. The number of hydrogen-bond donors (Lipinski definition) is 1. The third-order valence-corrected chi connectivity index (χ3v) is 4.77. The van der Waals surface area contributed by atoms with Crippen LogP contribution in [-0.4, -0.2) is 0 Å². The van der Waals surface area contributed by atoms with Crippen LogP contribution in [-0.2, 0) is 0 Å². The van der Waals surface area contributed by atoms with Crippen molar-refractivity contribution in [1.82, 2.24) is 0 Å². The molecule has 18 heavy (non-hydrogen) atoms. The van der Waals surface area contributed by atoms with E-state index >= 15 is 0 Å². The maximum atomic E-state index is 3.62. The van der Waals surface area contributed by atoms with Crippen LogP contribution in [0.3, 0.4) is 0 Å². The average Bonchev–Trinajstić information content (AvgIpc) is 2.63. The molecule has 2 rings (SSSR count). The molecule has 1 heterocycles. The number of nitrogens with one attached hydrogen (secondary N) is 1. The Morgan fingerprint density at radius 2 is 1.89 bits per heavy atom. The zero-order chi connectivity index (χ0) is 13.3. The van der Waals surface area contributed by atoms with Crippen LogP contribution in [0.15, 0.2) is 24.3 Å². The molecular formula is C15H18INS. The number of aryl methyl sites for hydroxylation is 3. The van der Waals surface area contributed by atoms with Crippen molar-refractivity contribution in [3.05, 3.63) is 48.7 Å². The highest BCUT2D eigenvalue weighted by atomic mass is 127. The fourth-order valence-electron chi connectivity index (χ4n) is 2.14. The summed E-state index contributed by atoms with van der Waals surface area (Å²) in [7, 11) is 0. The van der Waals surface area contributed by atoms with Crippen LogP contribution in [0.25, 0.3) is 0 Å². The van der Waals surface area contributed by atoms with Crippen molar-refractivity contribution in [2.75, 3.05) is 5.32 Å². The minimum atomic E-state index is 0.354. The third-order valence-electron chi connectivity index (χ3n) is 3.12. The molecule has 2 aromatic rings. The molecule has 0 radical (unpaired) electrons. The predicted octanol–water partition coefficient (Wildman–Crippen LogP) is 5.45. The summed E-state index contributed by atoms with van der Waals surface area (Å²) in [6.45, 7) is 8.75. The minimum absolute atomic E-state index is 0.354. The van der Waals surface area contributed by atoms with E-state index < -0.39 is 0 Å². The van der Waals surface area contributed by atoms with E-state index in [-0.39, 0.29) is 0 Å². The molecule has 0 saturated heterocycles. The lowest BCUT2D eigenvalue weighted by molar-refractivity contribution is 0.879. The maximum Gasteiger partial charge on any atom is 0.0496 e. The lowest BCUT2D eigenvalue weighted by atomic mass is 10.1. The lowest BCUT2D eigenvalue weighted by Crippen LogP contribution is -2.08. The van der Waals surface area contributed by atoms with Crippen molar-refractivity contribution in [3.63, 3.8) is 0 Å². The number of anilines is 1. The molecule has 0 bridgehead atoms. The molecule has 1 unspecified atom stereocenters. The van der Waals surface area contributed by atoms with Gasteiger partial charge in [-0.25, -0.2) is 0 Å². The number of hydrogen-bond acceptors (Lipinski definition) is 2. The summed E-state index contributed by atoms with van der Waals surface area (Å²) in [6, 6.07) is 9.17. The van der Waals surface area contributed by atoms with Gasteiger partial charge < -0.3 is 5.32 Å². The van der Waals surface area contributed by atoms with Crippen LogP contribution >= 0.6 is 33.9 Å². The molecule has 0 aliphatic heterocycles. The molecule has 1 aromatic carbocycles. The standard InChI is InChI=1S/C15H18INS/c1-9-5-6-13(16)8-15(9)17-11(3)14-7-10(2)18-12(14)4/h5-8,11,17H,1-4H3. The van der Waals surface area contributed by atoms with Crippen molar-refractivity contribution in [1.29, 1.82) is 0 Å². The van der Waals surface area contributed by atoms with Crippen molar-refractivity contribution in [2.45, 2.75) is 33.7 Å². The van der Waals surface area contributed by atoms with E-state index in [9.17, 15) is 0 Å². The Labute approximate surface area is 127 Å². The summed E-state index contributed by atoms with van der Waals surface area (Å²) in [6.07, 6.45) is 0. The Balaban J connectivity index is 2.23. The number of halogens is 1. The molecule has 1 atom stereocenters. The van der Waals surface area contributed by atoms with E-state index in [2.05, 4.69) is 79.9 Å². The van der Waals surface area contributed by atoms with E-state index in [1.54, 1.807) is 0 Å². The van der Waals surface area contributed by atoms with Crippen LogP contribution < -0.4 is 5.32 Å². The summed E-state index contributed by atoms with van der Waals surface area (Å²) >= 11 is 4.23. The van der Waals surface area contributed by atoms with Gasteiger partial charge in [-0.3, -0.25) is 0 Å². The molecule has 3 heteroatoms. The lowest BCUT2D eigenvalue weighted by Gasteiger charge is -2.17. The van der Waals surface area contributed by atoms with Gasteiger partial charge in [0.25, 0.3) is 0 Å². The van der Waals surface area contributed by atoms with Gasteiger partial charge in [-0.15, -0.1) is 11.3 Å². The Morgan fingerprint density at radius 3 is 2.50 bits per heavy atom. The van der Waals surface area contributed by atoms with Gasteiger partial charge in [-0.1, -0.05) is 6.07 Å². The SMILES string of the molecule is Cc1cc(C(C)Nc2cc(I)ccc2C)c(C)s1. The molecule has 1 N–H and O–H groups in total. The fourth-order valence-corrected chi connectivity index (χ4v) is 3.65. The molecule has 0 aliphatic carbocycles.